The van der Waals surface area contributed by atoms with Gasteiger partial charge in [-0.3, -0.25) is 14.6 Å². The van der Waals surface area contributed by atoms with E-state index in [1.165, 1.54) is 19.3 Å². The fourth-order valence-electron chi connectivity index (χ4n) is 3.53. The first kappa shape index (κ1) is 20.0. The zero-order valence-corrected chi connectivity index (χ0v) is 16.1. The molecular formula is C23H26N2O3. The number of pyridine rings is 1. The molecule has 1 unspecified atom stereocenters. The van der Waals surface area contributed by atoms with Gasteiger partial charge in [-0.25, -0.2) is 0 Å². The molecule has 1 aromatic heterocycles. The zero-order valence-electron chi connectivity index (χ0n) is 16.1. The smallest absolute Gasteiger partial charge is 0.235 e. The van der Waals surface area contributed by atoms with Crippen LogP contribution in [0.3, 0.4) is 0 Å². The summed E-state index contributed by atoms with van der Waals surface area (Å²) in [5.74, 6) is -1.41. The molecule has 5 heteroatoms. The number of fused-ring (bicyclic) bond motifs is 1. The standard InChI is InChI=1S/C23H26N2O3/c1-2-3-4-5-9-15-25-20(18-13-8-10-14-24-18)19-21(26)16-11-6-7-12-17(16)22(27)23(19)28/h6-8,10-14,20,25-26H,2-5,9,15H2,1H3. The number of aliphatic hydroxyl groups is 1. The highest BCUT2D eigenvalue weighted by Crippen LogP contribution is 2.34. The maximum Gasteiger partial charge on any atom is 0.235 e. The monoisotopic (exact) mass is 378 g/mol. The summed E-state index contributed by atoms with van der Waals surface area (Å²) in [4.78, 5) is 29.8. The topological polar surface area (TPSA) is 79.3 Å². The summed E-state index contributed by atoms with van der Waals surface area (Å²) in [6, 6.07) is 11.5. The molecule has 0 saturated heterocycles. The quantitative estimate of drug-likeness (QED) is 0.499. The Hall–Kier alpha value is -2.79. The lowest BCUT2D eigenvalue weighted by atomic mass is 9.84. The maximum absolute atomic E-state index is 12.9. The van der Waals surface area contributed by atoms with E-state index in [4.69, 9.17) is 0 Å². The highest BCUT2D eigenvalue weighted by atomic mass is 16.3. The Labute approximate surface area is 165 Å². The van der Waals surface area contributed by atoms with Crippen LogP contribution >= 0.6 is 0 Å². The molecule has 146 valence electrons. The Kier molecular flexibility index (Phi) is 6.71. The molecule has 3 rings (SSSR count). The molecule has 2 aromatic rings. The summed E-state index contributed by atoms with van der Waals surface area (Å²) in [6.45, 7) is 2.85. The van der Waals surface area contributed by atoms with Gasteiger partial charge in [0.05, 0.1) is 17.3 Å². The van der Waals surface area contributed by atoms with E-state index in [1.807, 2.05) is 6.07 Å². The van der Waals surface area contributed by atoms with Crippen molar-refractivity contribution in [3.8, 4) is 0 Å². The second kappa shape index (κ2) is 9.42. The van der Waals surface area contributed by atoms with Crippen LogP contribution < -0.4 is 5.32 Å². The summed E-state index contributed by atoms with van der Waals surface area (Å²) in [5, 5.41) is 14.2. The van der Waals surface area contributed by atoms with Crippen molar-refractivity contribution in [2.45, 2.75) is 45.1 Å². The average molecular weight is 378 g/mol. The molecule has 0 aliphatic heterocycles. The van der Waals surface area contributed by atoms with Crippen LogP contribution in [0.5, 0.6) is 0 Å². The Morgan fingerprint density at radius 1 is 0.929 bits per heavy atom. The molecule has 0 fully saturated rings. The lowest BCUT2D eigenvalue weighted by molar-refractivity contribution is -0.112. The first-order valence-corrected chi connectivity index (χ1v) is 9.91. The Balaban J connectivity index is 1.91. The van der Waals surface area contributed by atoms with Crippen LogP contribution in [0, 0.1) is 0 Å². The lowest BCUT2D eigenvalue weighted by Gasteiger charge is -2.25. The molecule has 1 heterocycles. The molecule has 2 N–H and O–H groups in total. The van der Waals surface area contributed by atoms with E-state index in [9.17, 15) is 14.7 Å². The number of Topliss-reactive ketones (excluding diaryl/α,β-unsaturated/α-hetero) is 2. The molecule has 1 aliphatic rings. The fraction of sp³-hybridized carbons (Fsp3) is 0.348. The Morgan fingerprint density at radius 3 is 2.36 bits per heavy atom. The van der Waals surface area contributed by atoms with Gasteiger partial charge in [0.2, 0.25) is 11.6 Å². The number of hydrogen-bond acceptors (Lipinski definition) is 5. The van der Waals surface area contributed by atoms with E-state index in [0.29, 0.717) is 17.8 Å². The minimum absolute atomic E-state index is 0.0796. The van der Waals surface area contributed by atoms with Gasteiger partial charge < -0.3 is 10.4 Å². The van der Waals surface area contributed by atoms with Crippen LogP contribution in [0.1, 0.15) is 66.7 Å². The van der Waals surface area contributed by atoms with Gasteiger partial charge in [-0.1, -0.05) is 62.9 Å². The molecule has 1 atom stereocenters. The second-order valence-electron chi connectivity index (χ2n) is 7.02. The van der Waals surface area contributed by atoms with Crippen molar-refractivity contribution in [2.75, 3.05) is 6.54 Å². The van der Waals surface area contributed by atoms with Gasteiger partial charge in [-0.05, 0) is 25.1 Å². The fourth-order valence-corrected chi connectivity index (χ4v) is 3.53. The van der Waals surface area contributed by atoms with Crippen LogP contribution in [0.15, 0.2) is 54.2 Å². The minimum atomic E-state index is -0.676. The number of carbonyl (C=O) groups is 2. The van der Waals surface area contributed by atoms with Crippen molar-refractivity contribution < 1.29 is 14.7 Å². The molecule has 1 aliphatic carbocycles. The van der Waals surface area contributed by atoms with Crippen LogP contribution in [0.4, 0.5) is 0 Å². The minimum Gasteiger partial charge on any atom is -0.507 e. The Bertz CT molecular complexity index is 874. The maximum atomic E-state index is 12.9. The first-order chi connectivity index (χ1) is 13.6. The number of unbranched alkanes of at least 4 members (excludes halogenated alkanes) is 4. The van der Waals surface area contributed by atoms with Gasteiger partial charge in [0.25, 0.3) is 0 Å². The van der Waals surface area contributed by atoms with Crippen molar-refractivity contribution in [3.05, 3.63) is 71.1 Å². The van der Waals surface area contributed by atoms with Crippen molar-refractivity contribution >= 4 is 17.3 Å². The lowest BCUT2D eigenvalue weighted by Crippen LogP contribution is -2.34. The molecular weight excluding hydrogens is 352 g/mol. The van der Waals surface area contributed by atoms with Gasteiger partial charge in [0, 0.05) is 17.3 Å². The van der Waals surface area contributed by atoms with E-state index in [2.05, 4.69) is 17.2 Å². The largest absolute Gasteiger partial charge is 0.507 e. The summed E-state index contributed by atoms with van der Waals surface area (Å²) in [7, 11) is 0. The van der Waals surface area contributed by atoms with Crippen LogP contribution in [-0.2, 0) is 4.79 Å². The van der Waals surface area contributed by atoms with E-state index in [1.54, 1.807) is 42.6 Å². The Morgan fingerprint density at radius 2 is 1.64 bits per heavy atom. The average Bonchev–Trinajstić information content (AvgIpc) is 2.74. The van der Waals surface area contributed by atoms with Gasteiger partial charge in [0.1, 0.15) is 5.76 Å². The number of aliphatic hydroxyl groups excluding tert-OH is 1. The van der Waals surface area contributed by atoms with Crippen LogP contribution in [0.2, 0.25) is 0 Å². The third-order valence-electron chi connectivity index (χ3n) is 5.03. The van der Waals surface area contributed by atoms with E-state index >= 15 is 0 Å². The number of rotatable bonds is 9. The molecule has 0 saturated carbocycles. The molecule has 0 amide bonds. The highest BCUT2D eigenvalue weighted by molar-refractivity contribution is 6.52. The van der Waals surface area contributed by atoms with E-state index in [-0.39, 0.29) is 16.9 Å². The first-order valence-electron chi connectivity index (χ1n) is 9.91. The third kappa shape index (κ3) is 4.20. The number of carbonyl (C=O) groups excluding carboxylic acids is 2. The van der Waals surface area contributed by atoms with Gasteiger partial charge in [0.15, 0.2) is 0 Å². The summed E-state index contributed by atoms with van der Waals surface area (Å²) < 4.78 is 0. The number of aromatic nitrogens is 1. The highest BCUT2D eigenvalue weighted by Gasteiger charge is 2.37. The SMILES string of the molecule is CCCCCCCNC(C1=C(O)c2ccccc2C(=O)C1=O)c1ccccn1. The predicted octanol–water partition coefficient (Wildman–Crippen LogP) is 4.42. The summed E-state index contributed by atoms with van der Waals surface area (Å²) in [6.07, 6.45) is 7.25. The van der Waals surface area contributed by atoms with Crippen LogP contribution in [0.25, 0.3) is 5.76 Å². The molecule has 1 aromatic carbocycles. The number of nitrogens with one attached hydrogen (secondary N) is 1. The van der Waals surface area contributed by atoms with Crippen LogP contribution in [-0.4, -0.2) is 28.2 Å². The number of ketones is 2. The molecule has 0 radical (unpaired) electrons. The molecule has 0 bridgehead atoms. The zero-order chi connectivity index (χ0) is 19.9. The molecule has 0 spiro atoms. The predicted molar refractivity (Wildman–Crippen MR) is 109 cm³/mol. The van der Waals surface area contributed by atoms with E-state index < -0.39 is 17.6 Å². The molecule has 28 heavy (non-hydrogen) atoms. The summed E-state index contributed by atoms with van der Waals surface area (Å²) in [5.41, 5.74) is 1.33. The number of benzene rings is 1. The normalized spacial score (nSPS) is 14.9. The van der Waals surface area contributed by atoms with Crippen molar-refractivity contribution in [2.24, 2.45) is 0 Å². The second-order valence-corrected chi connectivity index (χ2v) is 7.02. The molecule has 5 nitrogen and oxygen atoms in total. The van der Waals surface area contributed by atoms with Crippen molar-refractivity contribution in [3.63, 3.8) is 0 Å². The summed E-state index contributed by atoms with van der Waals surface area (Å²) >= 11 is 0. The van der Waals surface area contributed by atoms with E-state index in [0.717, 1.165) is 12.8 Å². The van der Waals surface area contributed by atoms with Crippen molar-refractivity contribution in [1.29, 1.82) is 0 Å². The van der Waals surface area contributed by atoms with Gasteiger partial charge >= 0.3 is 0 Å². The number of nitrogens with zero attached hydrogens (tertiary/aromatic N) is 1. The van der Waals surface area contributed by atoms with Gasteiger partial charge in [-0.2, -0.15) is 0 Å². The van der Waals surface area contributed by atoms with Crippen molar-refractivity contribution in [1.82, 2.24) is 10.3 Å². The number of hydrogen-bond donors (Lipinski definition) is 2. The van der Waals surface area contributed by atoms with Gasteiger partial charge in [-0.15, -0.1) is 0 Å². The third-order valence-corrected chi connectivity index (χ3v) is 5.03.